The summed E-state index contributed by atoms with van der Waals surface area (Å²) in [4.78, 5) is 6.86. The molecule has 0 saturated carbocycles. The van der Waals surface area contributed by atoms with Crippen molar-refractivity contribution >= 4 is 4.42 Å². The Morgan fingerprint density at radius 3 is 2.57 bits per heavy atom. The molecule has 0 aliphatic rings. The van der Waals surface area contributed by atoms with Crippen LogP contribution in [0, 0.1) is 0 Å². The molecule has 0 fully saturated rings. The minimum atomic E-state index is 0. The van der Waals surface area contributed by atoms with Crippen molar-refractivity contribution in [3.05, 3.63) is 12.4 Å². The van der Waals surface area contributed by atoms with Crippen molar-refractivity contribution < 1.29 is 35.3 Å². The summed E-state index contributed by atoms with van der Waals surface area (Å²) in [6.07, 6.45) is 3.59. The standard InChI is InChI=1S/C3H3N2.BrH.Zn/c1-2-5-3-4-1;;/h1-2H,(H,4,5);1H;/q;;+1/p-1. The molecule has 0 aliphatic carbocycles. The van der Waals surface area contributed by atoms with Gasteiger partial charge in [-0.2, -0.15) is 0 Å². The Bertz CT molecular complexity index is 116. The van der Waals surface area contributed by atoms with Gasteiger partial charge in [0.15, 0.2) is 0 Å². The van der Waals surface area contributed by atoms with Crippen molar-refractivity contribution in [1.29, 1.82) is 0 Å². The van der Waals surface area contributed by atoms with Gasteiger partial charge in [-0.05, 0) is 0 Å². The normalized spacial score (nSPS) is 7.71. The molecular formula is C3H3BrN2Zn. The fourth-order valence-corrected chi connectivity index (χ4v) is 0.766. The Morgan fingerprint density at radius 2 is 2.43 bits per heavy atom. The molecular weight excluding hydrogens is 209 g/mol. The first-order valence-corrected chi connectivity index (χ1v) is 3.19. The van der Waals surface area contributed by atoms with E-state index in [0.29, 0.717) is 0 Å². The SMILES string of the molecule is [Br-].[Zn+][c]1ncc[nH]1. The summed E-state index contributed by atoms with van der Waals surface area (Å²) >= 11 is 1.12. The zero-order chi connectivity index (χ0) is 4.41. The van der Waals surface area contributed by atoms with Gasteiger partial charge in [0.2, 0.25) is 0 Å². The van der Waals surface area contributed by atoms with Gasteiger partial charge in [-0.3, -0.25) is 0 Å². The van der Waals surface area contributed by atoms with E-state index in [9.17, 15) is 0 Å². The zero-order valence-electron chi connectivity index (χ0n) is 3.69. The van der Waals surface area contributed by atoms with Crippen molar-refractivity contribution in [1.82, 2.24) is 9.97 Å². The van der Waals surface area contributed by atoms with Crippen LogP contribution in [-0.2, 0) is 18.3 Å². The van der Waals surface area contributed by atoms with E-state index in [1.54, 1.807) is 6.20 Å². The Kier molecular flexibility index (Phi) is 3.48. The molecule has 1 aromatic heterocycles. The molecule has 4 heteroatoms. The third kappa shape index (κ3) is 2.20. The van der Waals surface area contributed by atoms with Crippen LogP contribution in [0.4, 0.5) is 0 Å². The van der Waals surface area contributed by atoms with Crippen LogP contribution in [-0.4, -0.2) is 9.97 Å². The number of nitrogens with zero attached hydrogens (tertiary/aromatic N) is 1. The molecule has 7 heavy (non-hydrogen) atoms. The number of imidazole rings is 1. The van der Waals surface area contributed by atoms with Crippen LogP contribution in [0.5, 0.6) is 0 Å². The van der Waals surface area contributed by atoms with Crippen LogP contribution in [0.3, 0.4) is 0 Å². The van der Waals surface area contributed by atoms with Gasteiger partial charge in [0.25, 0.3) is 0 Å². The molecule has 0 atom stereocenters. The molecule has 0 aliphatic heterocycles. The van der Waals surface area contributed by atoms with E-state index >= 15 is 0 Å². The van der Waals surface area contributed by atoms with Gasteiger partial charge in [-0.25, -0.2) is 0 Å². The van der Waals surface area contributed by atoms with Crippen LogP contribution in [0.15, 0.2) is 12.4 Å². The van der Waals surface area contributed by atoms with E-state index in [-0.39, 0.29) is 17.0 Å². The number of nitrogens with one attached hydrogen (secondary N) is 1. The van der Waals surface area contributed by atoms with E-state index in [4.69, 9.17) is 0 Å². The average molecular weight is 212 g/mol. The first kappa shape index (κ1) is 7.31. The van der Waals surface area contributed by atoms with Gasteiger partial charge in [-0.1, -0.05) is 0 Å². The number of hydrogen-bond acceptors (Lipinski definition) is 1. The predicted molar refractivity (Wildman–Crippen MR) is 18.2 cm³/mol. The molecule has 1 rings (SSSR count). The summed E-state index contributed by atoms with van der Waals surface area (Å²) in [6, 6.07) is 0. The Labute approximate surface area is 62.2 Å². The summed E-state index contributed by atoms with van der Waals surface area (Å²) < 4.78 is 1.09. The number of halogens is 1. The molecule has 0 spiro atoms. The molecule has 34 valence electrons. The number of aromatic nitrogens is 2. The molecule has 1 heterocycles. The van der Waals surface area contributed by atoms with E-state index in [1.807, 2.05) is 6.20 Å². The molecule has 1 aromatic rings. The predicted octanol–water partition coefficient (Wildman–Crippen LogP) is -3.41. The van der Waals surface area contributed by atoms with Crippen molar-refractivity contribution in [2.75, 3.05) is 0 Å². The molecule has 0 radical (unpaired) electrons. The maximum absolute atomic E-state index is 3.92. The number of hydrogen-bond donors (Lipinski definition) is 1. The summed E-state index contributed by atoms with van der Waals surface area (Å²) in [5, 5.41) is 0. The molecule has 0 amide bonds. The van der Waals surface area contributed by atoms with E-state index < -0.39 is 0 Å². The molecule has 0 bridgehead atoms. The van der Waals surface area contributed by atoms with Gasteiger partial charge in [0, 0.05) is 0 Å². The van der Waals surface area contributed by atoms with Crippen LogP contribution in [0.1, 0.15) is 0 Å². The van der Waals surface area contributed by atoms with Gasteiger partial charge in [-0.15, -0.1) is 0 Å². The Hall–Kier alpha value is 0.313. The zero-order valence-corrected chi connectivity index (χ0v) is 8.24. The molecule has 1 N–H and O–H groups in total. The summed E-state index contributed by atoms with van der Waals surface area (Å²) in [5.74, 6) is 0. The second kappa shape index (κ2) is 3.33. The van der Waals surface area contributed by atoms with Crippen LogP contribution in [0.2, 0.25) is 0 Å². The number of aromatic amines is 1. The van der Waals surface area contributed by atoms with Gasteiger partial charge >= 0.3 is 45.1 Å². The second-order valence-corrected chi connectivity index (χ2v) is 2.44. The topological polar surface area (TPSA) is 28.7 Å². The minimum absolute atomic E-state index is 0. The van der Waals surface area contributed by atoms with E-state index in [2.05, 4.69) is 9.97 Å². The fraction of sp³-hybridized carbons (Fsp3) is 0. The maximum atomic E-state index is 3.92. The summed E-state index contributed by atoms with van der Waals surface area (Å²) in [6.45, 7) is 0. The van der Waals surface area contributed by atoms with Crippen molar-refractivity contribution in [2.45, 2.75) is 0 Å². The van der Waals surface area contributed by atoms with Crippen molar-refractivity contribution in [2.24, 2.45) is 0 Å². The van der Waals surface area contributed by atoms with E-state index in [1.165, 1.54) is 0 Å². The monoisotopic (exact) mass is 210 g/mol. The molecule has 0 unspecified atom stereocenters. The molecule has 0 aromatic carbocycles. The van der Waals surface area contributed by atoms with Crippen LogP contribution in [0.25, 0.3) is 0 Å². The average Bonchev–Trinajstić information content (AvgIpc) is 1.86. The van der Waals surface area contributed by atoms with Crippen LogP contribution < -0.4 is 21.4 Å². The molecule has 0 saturated heterocycles. The quantitative estimate of drug-likeness (QED) is 0.446. The number of rotatable bonds is 0. The Balaban J connectivity index is 0.000000360. The molecule has 2 nitrogen and oxygen atoms in total. The fourth-order valence-electron chi connectivity index (χ4n) is 0.298. The first-order valence-electron chi connectivity index (χ1n) is 1.71. The van der Waals surface area contributed by atoms with Crippen LogP contribution >= 0.6 is 0 Å². The summed E-state index contributed by atoms with van der Waals surface area (Å²) in [5.41, 5.74) is 0. The Morgan fingerprint density at radius 1 is 1.71 bits per heavy atom. The van der Waals surface area contributed by atoms with Gasteiger partial charge in [0.05, 0.1) is 0 Å². The van der Waals surface area contributed by atoms with Gasteiger partial charge in [0.1, 0.15) is 0 Å². The third-order valence-electron chi connectivity index (χ3n) is 0.555. The van der Waals surface area contributed by atoms with Crippen molar-refractivity contribution in [3.8, 4) is 0 Å². The third-order valence-corrected chi connectivity index (χ3v) is 1.37. The van der Waals surface area contributed by atoms with E-state index in [0.717, 1.165) is 22.7 Å². The van der Waals surface area contributed by atoms with Crippen molar-refractivity contribution in [3.63, 3.8) is 0 Å². The summed E-state index contributed by atoms with van der Waals surface area (Å²) in [7, 11) is 0. The second-order valence-electron chi connectivity index (χ2n) is 1.04. The number of H-pyrrole nitrogens is 1. The van der Waals surface area contributed by atoms with Gasteiger partial charge < -0.3 is 17.0 Å². The first-order chi connectivity index (χ1) is 2.89.